The summed E-state index contributed by atoms with van der Waals surface area (Å²) in [6.07, 6.45) is 0.955. The third kappa shape index (κ3) is 3.78. The summed E-state index contributed by atoms with van der Waals surface area (Å²) >= 11 is 0. The van der Waals surface area contributed by atoms with E-state index in [0.29, 0.717) is 18.2 Å². The predicted octanol–water partition coefficient (Wildman–Crippen LogP) is 2.15. The number of carbonyl (C=O) groups excluding carboxylic acids is 1. The molecule has 0 saturated carbocycles. The number of nitro groups is 1. The van der Waals surface area contributed by atoms with E-state index in [2.05, 4.69) is 18.7 Å². The van der Waals surface area contributed by atoms with Crippen LogP contribution in [0.15, 0.2) is 24.3 Å². The van der Waals surface area contributed by atoms with Crippen molar-refractivity contribution in [3.05, 3.63) is 39.9 Å². The molecule has 6 nitrogen and oxygen atoms in total. The first-order chi connectivity index (χ1) is 9.99. The van der Waals surface area contributed by atoms with E-state index in [1.807, 2.05) is 4.90 Å². The van der Waals surface area contributed by atoms with Gasteiger partial charge in [-0.15, -0.1) is 0 Å². The zero-order valence-electron chi connectivity index (χ0n) is 12.5. The summed E-state index contributed by atoms with van der Waals surface area (Å²) in [5.74, 6) is -0.0458. The molecule has 0 bridgehead atoms. The number of carbonyl (C=O) groups is 1. The topological polar surface area (TPSA) is 66.7 Å². The van der Waals surface area contributed by atoms with Crippen LogP contribution in [-0.2, 0) is 0 Å². The monoisotopic (exact) mass is 291 g/mol. The van der Waals surface area contributed by atoms with Gasteiger partial charge in [0.25, 0.3) is 11.6 Å². The maximum Gasteiger partial charge on any atom is 0.269 e. The molecule has 0 aromatic heterocycles. The SMILES string of the molecule is CC(C)N1CCCN(C(=O)c2ccc([N+](=O)[O-])cc2)CC1. The van der Waals surface area contributed by atoms with Crippen LogP contribution in [0.4, 0.5) is 5.69 Å². The Hall–Kier alpha value is -1.95. The van der Waals surface area contributed by atoms with Crippen molar-refractivity contribution in [2.45, 2.75) is 26.3 Å². The minimum Gasteiger partial charge on any atom is -0.337 e. The average Bonchev–Trinajstić information content (AvgIpc) is 2.72. The first-order valence-corrected chi connectivity index (χ1v) is 7.27. The van der Waals surface area contributed by atoms with Crippen molar-refractivity contribution in [3.8, 4) is 0 Å². The first-order valence-electron chi connectivity index (χ1n) is 7.27. The van der Waals surface area contributed by atoms with Gasteiger partial charge in [0, 0.05) is 49.9 Å². The van der Waals surface area contributed by atoms with Crippen molar-refractivity contribution in [2.24, 2.45) is 0 Å². The van der Waals surface area contributed by atoms with Crippen LogP contribution in [0.3, 0.4) is 0 Å². The lowest BCUT2D eigenvalue weighted by atomic mass is 10.2. The number of benzene rings is 1. The molecule has 1 aromatic rings. The van der Waals surface area contributed by atoms with E-state index in [-0.39, 0.29) is 11.6 Å². The Bertz CT molecular complexity index is 513. The van der Waals surface area contributed by atoms with Crippen LogP contribution in [0.1, 0.15) is 30.6 Å². The molecule has 1 aliphatic rings. The zero-order chi connectivity index (χ0) is 15.4. The molecule has 1 saturated heterocycles. The fraction of sp³-hybridized carbons (Fsp3) is 0.533. The third-order valence-corrected chi connectivity index (χ3v) is 3.87. The molecular formula is C15H21N3O3. The molecule has 0 aliphatic carbocycles. The van der Waals surface area contributed by atoms with Crippen molar-refractivity contribution < 1.29 is 9.72 Å². The molecule has 21 heavy (non-hydrogen) atoms. The van der Waals surface area contributed by atoms with Crippen molar-refractivity contribution in [1.29, 1.82) is 0 Å². The second-order valence-electron chi connectivity index (χ2n) is 5.58. The highest BCUT2D eigenvalue weighted by molar-refractivity contribution is 5.94. The van der Waals surface area contributed by atoms with Crippen LogP contribution >= 0.6 is 0 Å². The van der Waals surface area contributed by atoms with E-state index in [1.165, 1.54) is 24.3 Å². The fourth-order valence-electron chi connectivity index (χ4n) is 2.57. The number of rotatable bonds is 3. The first kappa shape index (κ1) is 15.4. The van der Waals surface area contributed by atoms with Crippen LogP contribution < -0.4 is 0 Å². The van der Waals surface area contributed by atoms with Crippen LogP contribution in [0.2, 0.25) is 0 Å². The fourth-order valence-corrected chi connectivity index (χ4v) is 2.57. The number of non-ortho nitro benzene ring substituents is 1. The summed E-state index contributed by atoms with van der Waals surface area (Å²) in [7, 11) is 0. The smallest absolute Gasteiger partial charge is 0.269 e. The molecule has 0 atom stereocenters. The summed E-state index contributed by atoms with van der Waals surface area (Å²) in [5, 5.41) is 10.6. The number of amides is 1. The second kappa shape index (κ2) is 6.67. The van der Waals surface area contributed by atoms with Crippen LogP contribution in [0, 0.1) is 10.1 Å². The highest BCUT2D eigenvalue weighted by Crippen LogP contribution is 2.15. The van der Waals surface area contributed by atoms with Gasteiger partial charge in [-0.25, -0.2) is 0 Å². The standard InChI is InChI=1S/C15H21N3O3/c1-12(2)16-8-3-9-17(11-10-16)15(19)13-4-6-14(7-5-13)18(20)21/h4-7,12H,3,8-11H2,1-2H3. The number of nitro benzene ring substituents is 1. The van der Waals surface area contributed by atoms with Gasteiger partial charge in [-0.05, 0) is 32.4 Å². The Morgan fingerprint density at radius 2 is 1.81 bits per heavy atom. The number of hydrogen-bond acceptors (Lipinski definition) is 4. The predicted molar refractivity (Wildman–Crippen MR) is 80.3 cm³/mol. The van der Waals surface area contributed by atoms with Crippen LogP contribution in [0.25, 0.3) is 0 Å². The number of hydrogen-bond donors (Lipinski definition) is 0. The Labute approximate surface area is 124 Å². The Kier molecular flexibility index (Phi) is 4.90. The van der Waals surface area contributed by atoms with E-state index in [4.69, 9.17) is 0 Å². The molecule has 6 heteroatoms. The zero-order valence-corrected chi connectivity index (χ0v) is 12.5. The van der Waals surface area contributed by atoms with Crippen molar-refractivity contribution in [2.75, 3.05) is 26.2 Å². The van der Waals surface area contributed by atoms with E-state index in [0.717, 1.165) is 26.1 Å². The van der Waals surface area contributed by atoms with E-state index in [9.17, 15) is 14.9 Å². The van der Waals surface area contributed by atoms with E-state index >= 15 is 0 Å². The summed E-state index contributed by atoms with van der Waals surface area (Å²) in [6, 6.07) is 6.31. The molecule has 1 aromatic carbocycles. The van der Waals surface area contributed by atoms with Gasteiger partial charge in [-0.1, -0.05) is 0 Å². The molecule has 114 valence electrons. The molecule has 1 fully saturated rings. The van der Waals surface area contributed by atoms with Gasteiger partial charge in [-0.2, -0.15) is 0 Å². The Morgan fingerprint density at radius 3 is 2.38 bits per heavy atom. The molecule has 0 radical (unpaired) electrons. The van der Waals surface area contributed by atoms with Crippen LogP contribution in [0.5, 0.6) is 0 Å². The molecular weight excluding hydrogens is 270 g/mol. The molecule has 0 unspecified atom stereocenters. The second-order valence-corrected chi connectivity index (χ2v) is 5.58. The Balaban J connectivity index is 2.04. The maximum absolute atomic E-state index is 12.4. The lowest BCUT2D eigenvalue weighted by molar-refractivity contribution is -0.384. The Morgan fingerprint density at radius 1 is 1.14 bits per heavy atom. The third-order valence-electron chi connectivity index (χ3n) is 3.87. The highest BCUT2D eigenvalue weighted by atomic mass is 16.6. The van der Waals surface area contributed by atoms with Gasteiger partial charge >= 0.3 is 0 Å². The van der Waals surface area contributed by atoms with Gasteiger partial charge in [0.15, 0.2) is 0 Å². The van der Waals surface area contributed by atoms with Gasteiger partial charge in [0.1, 0.15) is 0 Å². The van der Waals surface area contributed by atoms with E-state index < -0.39 is 4.92 Å². The molecule has 2 rings (SSSR count). The van der Waals surface area contributed by atoms with E-state index in [1.54, 1.807) is 0 Å². The lowest BCUT2D eigenvalue weighted by Crippen LogP contribution is -2.37. The summed E-state index contributed by atoms with van der Waals surface area (Å²) in [5.41, 5.74) is 0.520. The minimum absolute atomic E-state index is 0.00778. The van der Waals surface area contributed by atoms with Crippen LogP contribution in [-0.4, -0.2) is 52.9 Å². The summed E-state index contributed by atoms with van der Waals surface area (Å²) in [4.78, 5) is 26.8. The highest BCUT2D eigenvalue weighted by Gasteiger charge is 2.21. The minimum atomic E-state index is -0.458. The summed E-state index contributed by atoms with van der Waals surface area (Å²) in [6.45, 7) is 7.63. The van der Waals surface area contributed by atoms with Gasteiger partial charge < -0.3 is 4.90 Å². The molecule has 0 N–H and O–H groups in total. The lowest BCUT2D eigenvalue weighted by Gasteiger charge is -2.24. The molecule has 1 aliphatic heterocycles. The van der Waals surface area contributed by atoms with Crippen molar-refractivity contribution >= 4 is 11.6 Å². The molecule has 1 heterocycles. The van der Waals surface area contributed by atoms with Gasteiger partial charge in [0.05, 0.1) is 4.92 Å². The molecule has 1 amide bonds. The summed E-state index contributed by atoms with van der Waals surface area (Å²) < 4.78 is 0. The average molecular weight is 291 g/mol. The van der Waals surface area contributed by atoms with Gasteiger partial charge in [0.2, 0.25) is 0 Å². The quantitative estimate of drug-likeness (QED) is 0.632. The molecule has 0 spiro atoms. The normalized spacial score (nSPS) is 16.8. The largest absolute Gasteiger partial charge is 0.337 e. The maximum atomic E-state index is 12.4. The number of nitrogens with zero attached hydrogens (tertiary/aromatic N) is 3. The van der Waals surface area contributed by atoms with Crippen molar-refractivity contribution in [1.82, 2.24) is 9.80 Å². The van der Waals surface area contributed by atoms with Crippen molar-refractivity contribution in [3.63, 3.8) is 0 Å². The van der Waals surface area contributed by atoms with Gasteiger partial charge in [-0.3, -0.25) is 19.8 Å².